The van der Waals surface area contributed by atoms with Crippen LogP contribution >= 0.6 is 0 Å². The van der Waals surface area contributed by atoms with Crippen LogP contribution in [0.4, 0.5) is 0 Å². The van der Waals surface area contributed by atoms with Crippen LogP contribution in [0.1, 0.15) is 33.6 Å². The van der Waals surface area contributed by atoms with Crippen molar-refractivity contribution in [1.82, 2.24) is 4.90 Å². The number of hydrogen-bond donors (Lipinski definition) is 1. The summed E-state index contributed by atoms with van der Waals surface area (Å²) < 4.78 is 0. The molecule has 2 nitrogen and oxygen atoms in total. The zero-order chi connectivity index (χ0) is 9.19. The third-order valence-corrected chi connectivity index (χ3v) is 3.07. The molecule has 0 radical (unpaired) electrons. The molecule has 0 bridgehead atoms. The maximum atomic E-state index is 5.75. The Morgan fingerprint density at radius 3 is 2.25 bits per heavy atom. The van der Waals surface area contributed by atoms with E-state index in [4.69, 9.17) is 5.73 Å². The minimum atomic E-state index is 0.500. The zero-order valence-corrected chi connectivity index (χ0v) is 8.64. The minimum absolute atomic E-state index is 0.500. The molecule has 1 aliphatic rings. The lowest BCUT2D eigenvalue weighted by molar-refractivity contribution is 0.189. The Labute approximate surface area is 76.1 Å². The largest absolute Gasteiger partial charge is 0.330 e. The number of hydrogen-bond acceptors (Lipinski definition) is 2. The molecule has 0 aromatic rings. The maximum absolute atomic E-state index is 5.75. The van der Waals surface area contributed by atoms with Crippen molar-refractivity contribution in [2.45, 2.75) is 39.7 Å². The molecule has 72 valence electrons. The summed E-state index contributed by atoms with van der Waals surface area (Å²) in [5, 5.41) is 0. The van der Waals surface area contributed by atoms with Crippen LogP contribution in [0.15, 0.2) is 0 Å². The van der Waals surface area contributed by atoms with Crippen LogP contribution in [0, 0.1) is 5.41 Å². The second-order valence-corrected chi connectivity index (χ2v) is 4.36. The third kappa shape index (κ3) is 2.20. The Bertz CT molecular complexity index is 139. The lowest BCUT2D eigenvalue weighted by Crippen LogP contribution is -2.38. The lowest BCUT2D eigenvalue weighted by atomic mass is 10.1. The molecule has 0 saturated heterocycles. The summed E-state index contributed by atoms with van der Waals surface area (Å²) in [7, 11) is 0. The SMILES string of the molecule is CCN(CC1(CN)CC1)C(C)C. The molecule has 0 heterocycles. The van der Waals surface area contributed by atoms with Gasteiger partial charge in [-0.2, -0.15) is 0 Å². The molecule has 0 unspecified atom stereocenters. The van der Waals surface area contributed by atoms with Crippen LogP contribution in [0.3, 0.4) is 0 Å². The van der Waals surface area contributed by atoms with Gasteiger partial charge < -0.3 is 10.6 Å². The van der Waals surface area contributed by atoms with Gasteiger partial charge in [0.2, 0.25) is 0 Å². The molecular formula is C10H22N2. The summed E-state index contributed by atoms with van der Waals surface area (Å²) in [6.45, 7) is 9.98. The summed E-state index contributed by atoms with van der Waals surface area (Å²) in [6.07, 6.45) is 2.68. The molecule has 0 spiro atoms. The number of nitrogens with zero attached hydrogens (tertiary/aromatic N) is 1. The van der Waals surface area contributed by atoms with Crippen molar-refractivity contribution < 1.29 is 0 Å². The van der Waals surface area contributed by atoms with Gasteiger partial charge >= 0.3 is 0 Å². The Balaban J connectivity index is 2.37. The second-order valence-electron chi connectivity index (χ2n) is 4.36. The van der Waals surface area contributed by atoms with Crippen molar-refractivity contribution in [2.24, 2.45) is 11.1 Å². The van der Waals surface area contributed by atoms with Crippen LogP contribution < -0.4 is 5.73 Å². The first-order valence-electron chi connectivity index (χ1n) is 5.07. The lowest BCUT2D eigenvalue weighted by Gasteiger charge is -2.28. The van der Waals surface area contributed by atoms with Gasteiger partial charge in [-0.3, -0.25) is 0 Å². The van der Waals surface area contributed by atoms with E-state index in [0.29, 0.717) is 11.5 Å². The fourth-order valence-electron chi connectivity index (χ4n) is 1.69. The predicted molar refractivity (Wildman–Crippen MR) is 53.1 cm³/mol. The van der Waals surface area contributed by atoms with Gasteiger partial charge in [-0.1, -0.05) is 6.92 Å². The fraction of sp³-hybridized carbons (Fsp3) is 1.00. The van der Waals surface area contributed by atoms with E-state index in [1.807, 2.05) is 0 Å². The topological polar surface area (TPSA) is 29.3 Å². The molecule has 1 fully saturated rings. The van der Waals surface area contributed by atoms with Crippen molar-refractivity contribution in [3.63, 3.8) is 0 Å². The van der Waals surface area contributed by atoms with E-state index in [9.17, 15) is 0 Å². The molecule has 1 aliphatic carbocycles. The quantitative estimate of drug-likeness (QED) is 0.677. The predicted octanol–water partition coefficient (Wildman–Crippen LogP) is 1.46. The molecular weight excluding hydrogens is 148 g/mol. The number of nitrogens with two attached hydrogens (primary N) is 1. The summed E-state index contributed by atoms with van der Waals surface area (Å²) in [6, 6.07) is 0.666. The molecule has 2 N–H and O–H groups in total. The minimum Gasteiger partial charge on any atom is -0.330 e. The molecule has 0 atom stereocenters. The standard InChI is InChI=1S/C10H22N2/c1-4-12(9(2)3)8-10(7-11)5-6-10/h9H,4-8,11H2,1-3H3. The molecule has 0 aliphatic heterocycles. The Kier molecular flexibility index (Phi) is 3.13. The van der Waals surface area contributed by atoms with Gasteiger partial charge in [0.25, 0.3) is 0 Å². The van der Waals surface area contributed by atoms with Crippen LogP contribution in [0.2, 0.25) is 0 Å². The average Bonchev–Trinajstić information content (AvgIpc) is 2.80. The first kappa shape index (κ1) is 10.0. The Hall–Kier alpha value is -0.0800. The highest BCUT2D eigenvalue weighted by Crippen LogP contribution is 2.45. The fourth-order valence-corrected chi connectivity index (χ4v) is 1.69. The van der Waals surface area contributed by atoms with E-state index < -0.39 is 0 Å². The van der Waals surface area contributed by atoms with Gasteiger partial charge in [0.05, 0.1) is 0 Å². The van der Waals surface area contributed by atoms with E-state index in [1.165, 1.54) is 19.4 Å². The first-order chi connectivity index (χ1) is 5.63. The summed E-state index contributed by atoms with van der Waals surface area (Å²) in [4.78, 5) is 2.51. The monoisotopic (exact) mass is 170 g/mol. The third-order valence-electron chi connectivity index (χ3n) is 3.07. The van der Waals surface area contributed by atoms with Gasteiger partial charge in [-0.25, -0.2) is 0 Å². The van der Waals surface area contributed by atoms with Crippen LogP contribution in [0.5, 0.6) is 0 Å². The highest BCUT2D eigenvalue weighted by molar-refractivity contribution is 4.96. The van der Waals surface area contributed by atoms with E-state index in [0.717, 1.165) is 13.1 Å². The molecule has 2 heteroatoms. The first-order valence-corrected chi connectivity index (χ1v) is 5.07. The highest BCUT2D eigenvalue weighted by atomic mass is 15.2. The summed E-state index contributed by atoms with van der Waals surface area (Å²) in [5.74, 6) is 0. The van der Waals surface area contributed by atoms with Gasteiger partial charge in [-0.15, -0.1) is 0 Å². The van der Waals surface area contributed by atoms with Gasteiger partial charge in [0.1, 0.15) is 0 Å². The van der Waals surface area contributed by atoms with Crippen molar-refractivity contribution >= 4 is 0 Å². The van der Waals surface area contributed by atoms with E-state index >= 15 is 0 Å². The van der Waals surface area contributed by atoms with Crippen LogP contribution in [-0.2, 0) is 0 Å². The maximum Gasteiger partial charge on any atom is 0.00527 e. The van der Waals surface area contributed by atoms with Crippen molar-refractivity contribution in [3.8, 4) is 0 Å². The van der Waals surface area contributed by atoms with Crippen molar-refractivity contribution in [1.29, 1.82) is 0 Å². The Morgan fingerprint density at radius 1 is 1.42 bits per heavy atom. The summed E-state index contributed by atoms with van der Waals surface area (Å²) in [5.41, 5.74) is 6.25. The smallest absolute Gasteiger partial charge is 0.00527 e. The second kappa shape index (κ2) is 3.75. The van der Waals surface area contributed by atoms with Crippen molar-refractivity contribution in [3.05, 3.63) is 0 Å². The van der Waals surface area contributed by atoms with Crippen LogP contribution in [0.25, 0.3) is 0 Å². The molecule has 0 amide bonds. The normalized spacial score (nSPS) is 20.5. The molecule has 0 aromatic heterocycles. The molecule has 1 saturated carbocycles. The summed E-state index contributed by atoms with van der Waals surface area (Å²) >= 11 is 0. The van der Waals surface area contributed by atoms with Crippen LogP contribution in [-0.4, -0.2) is 30.6 Å². The molecule has 12 heavy (non-hydrogen) atoms. The van der Waals surface area contributed by atoms with E-state index in [1.54, 1.807) is 0 Å². The average molecular weight is 170 g/mol. The Morgan fingerprint density at radius 2 is 2.00 bits per heavy atom. The van der Waals surface area contributed by atoms with Gasteiger partial charge in [0.15, 0.2) is 0 Å². The number of rotatable bonds is 5. The van der Waals surface area contributed by atoms with E-state index in [-0.39, 0.29) is 0 Å². The highest BCUT2D eigenvalue weighted by Gasteiger charge is 2.42. The molecule has 1 rings (SSSR count). The van der Waals surface area contributed by atoms with Gasteiger partial charge in [0, 0.05) is 12.6 Å². The zero-order valence-electron chi connectivity index (χ0n) is 8.64. The van der Waals surface area contributed by atoms with E-state index in [2.05, 4.69) is 25.7 Å². The molecule has 0 aromatic carbocycles. The van der Waals surface area contributed by atoms with Gasteiger partial charge in [-0.05, 0) is 45.2 Å². The van der Waals surface area contributed by atoms with Crippen molar-refractivity contribution in [2.75, 3.05) is 19.6 Å².